The molecule has 52 heavy (non-hydrogen) atoms. The third kappa shape index (κ3) is 5.89. The molecule has 6 atom stereocenters. The molecule has 3 aromatic carbocycles. The summed E-state index contributed by atoms with van der Waals surface area (Å²) < 4.78 is 12.1. The Morgan fingerprint density at radius 3 is 2.67 bits per heavy atom. The van der Waals surface area contributed by atoms with Gasteiger partial charge in [-0.1, -0.05) is 36.9 Å². The number of hydrogen-bond acceptors (Lipinski definition) is 10. The molecule has 4 heterocycles. The molecule has 4 aliphatic rings. The number of aryl methyl sites for hydroxylation is 1. The van der Waals surface area contributed by atoms with E-state index >= 15 is 0 Å². The van der Waals surface area contributed by atoms with Crippen molar-refractivity contribution < 1.29 is 29.1 Å². The molecule has 2 unspecified atom stereocenters. The predicted octanol–water partition coefficient (Wildman–Crippen LogP) is 4.67. The quantitative estimate of drug-likeness (QED) is 0.139. The Kier molecular flexibility index (Phi) is 9.75. The number of hydrogen-bond donors (Lipinski definition) is 4. The van der Waals surface area contributed by atoms with Gasteiger partial charge >= 0.3 is 0 Å². The first-order valence-electron chi connectivity index (χ1n) is 17.5. The Balaban J connectivity index is 1.31. The summed E-state index contributed by atoms with van der Waals surface area (Å²) >= 11 is 5.51. The summed E-state index contributed by atoms with van der Waals surface area (Å²) in [5.41, 5.74) is 6.96. The summed E-state index contributed by atoms with van der Waals surface area (Å²) in [5, 5.41) is 32.4. The van der Waals surface area contributed by atoms with Crippen molar-refractivity contribution in [2.45, 2.75) is 76.5 Å². The van der Waals surface area contributed by atoms with Gasteiger partial charge < -0.3 is 35.4 Å². The lowest BCUT2D eigenvalue weighted by molar-refractivity contribution is -0.195. The molecule has 0 aliphatic carbocycles. The number of thiocarbonyl (C=S) groups is 1. The molecule has 13 heteroatoms. The summed E-state index contributed by atoms with van der Waals surface area (Å²) in [5.74, 6) is 1.60. The summed E-state index contributed by atoms with van der Waals surface area (Å²) in [6, 6.07) is 11.7. The first-order chi connectivity index (χ1) is 25.1. The highest BCUT2D eigenvalue weighted by atomic mass is 32.1. The lowest BCUT2D eigenvalue weighted by atomic mass is 9.71. The Morgan fingerprint density at radius 2 is 1.96 bits per heavy atom. The van der Waals surface area contributed by atoms with Gasteiger partial charge in [-0.05, 0) is 76.1 Å². The number of piperazine rings is 1. The largest absolute Gasteiger partial charge is 0.504 e. The van der Waals surface area contributed by atoms with Crippen LogP contribution in [0.15, 0.2) is 49.1 Å². The number of nitriles is 1. The van der Waals surface area contributed by atoms with E-state index in [1.54, 1.807) is 20.1 Å². The Morgan fingerprint density at radius 1 is 1.19 bits per heavy atom. The summed E-state index contributed by atoms with van der Waals surface area (Å²) in [6.45, 7) is 10.2. The number of rotatable bonds is 9. The smallest absolute Gasteiger partial charge is 0.242 e. The first-order valence-corrected chi connectivity index (χ1v) is 17.9. The van der Waals surface area contributed by atoms with Gasteiger partial charge in [0.1, 0.15) is 31.0 Å². The molecular weight excluding hydrogens is 681 g/mol. The second kappa shape index (κ2) is 14.3. The molecule has 7 rings (SSSR count). The molecule has 0 spiro atoms. The highest BCUT2D eigenvalue weighted by Gasteiger charge is 2.56. The van der Waals surface area contributed by atoms with Gasteiger partial charge in [-0.2, -0.15) is 10.1 Å². The fraction of sp³-hybridized carbons (Fsp3) is 0.410. The Bertz CT molecular complexity index is 1970. The van der Waals surface area contributed by atoms with Crippen LogP contribution in [0.5, 0.6) is 23.0 Å². The normalized spacial score (nSPS) is 23.3. The maximum Gasteiger partial charge on any atom is 0.242 e. The van der Waals surface area contributed by atoms with E-state index in [-0.39, 0.29) is 49.5 Å². The van der Waals surface area contributed by atoms with E-state index in [0.717, 1.165) is 44.6 Å². The number of phenols is 1. The van der Waals surface area contributed by atoms with Crippen molar-refractivity contribution in [1.82, 2.24) is 20.4 Å². The summed E-state index contributed by atoms with van der Waals surface area (Å²) in [7, 11) is 3.59. The van der Waals surface area contributed by atoms with Crippen molar-refractivity contribution in [2.24, 2.45) is 0 Å². The van der Waals surface area contributed by atoms with Crippen LogP contribution in [0.3, 0.4) is 0 Å². The van der Waals surface area contributed by atoms with Crippen molar-refractivity contribution >= 4 is 28.9 Å². The third-order valence-electron chi connectivity index (χ3n) is 11.0. The lowest BCUT2D eigenvalue weighted by Gasteiger charge is -2.60. The van der Waals surface area contributed by atoms with Crippen LogP contribution in [-0.2, 0) is 29.1 Å². The Hall–Kier alpha value is -4.87. The second-order valence-corrected chi connectivity index (χ2v) is 14.3. The number of nitrogens with zero attached hydrogens (tertiary/aromatic N) is 3. The summed E-state index contributed by atoms with van der Waals surface area (Å²) in [6.07, 6.45) is 2.75. The lowest BCUT2D eigenvalue weighted by Crippen LogP contribution is -2.69. The Labute approximate surface area is 309 Å². The van der Waals surface area contributed by atoms with Crippen LogP contribution in [0.4, 0.5) is 5.69 Å². The van der Waals surface area contributed by atoms with Crippen molar-refractivity contribution in [3.63, 3.8) is 0 Å². The average Bonchev–Trinajstić information content (AvgIpc) is 3.62. The zero-order valence-corrected chi connectivity index (χ0v) is 30.8. The minimum absolute atomic E-state index is 0.115. The van der Waals surface area contributed by atoms with Gasteiger partial charge in [0, 0.05) is 52.1 Å². The van der Waals surface area contributed by atoms with Gasteiger partial charge in [0.25, 0.3) is 0 Å². The van der Waals surface area contributed by atoms with Crippen molar-refractivity contribution in [3.05, 3.63) is 88.0 Å². The number of aromatic hydroxyl groups is 1. The fourth-order valence-electron chi connectivity index (χ4n) is 8.69. The number of likely N-dealkylation sites (N-methyl/N-ethyl adjacent to an activating group) is 1. The van der Waals surface area contributed by atoms with E-state index < -0.39 is 18.1 Å². The SMILES string of the molecule is C=CCOc1c(C)c2c(c3c1CC1[C@H]4c5c(cc(C)c(OC)c5O)C[C@@H](C(C#N)N1[C@H]3CNC(=O)[C@@H](C)NC(=S)Nc1ccccc1)N4C)OOC2. The maximum atomic E-state index is 13.8. The molecule has 12 nitrogen and oxygen atoms in total. The molecule has 4 aliphatic heterocycles. The minimum atomic E-state index is -0.671. The molecule has 1 amide bonds. The number of amides is 1. The van der Waals surface area contributed by atoms with Crippen molar-refractivity contribution in [3.8, 4) is 29.1 Å². The predicted molar refractivity (Wildman–Crippen MR) is 199 cm³/mol. The number of methoxy groups -OCH3 is 1. The number of fused-ring (bicyclic) bond motifs is 9. The van der Waals surface area contributed by atoms with Gasteiger partial charge in [-0.25, -0.2) is 0 Å². The third-order valence-corrected chi connectivity index (χ3v) is 11.2. The van der Waals surface area contributed by atoms with E-state index in [4.69, 9.17) is 31.5 Å². The number of phenolic OH excluding ortho intramolecular Hbond substituents is 1. The minimum Gasteiger partial charge on any atom is -0.504 e. The standard InChI is InChI=1S/C39H44N6O6S/c1-7-13-49-36-21(3)26-19-50-51-37(26)32-25(36)16-28-33-31-23(14-20(2)35(48-6)34(31)46)15-27(44(33)5)29(17-40)45(28)30(32)18-41-38(47)22(4)42-39(52)43-24-11-9-8-10-12-24/h7-12,14,22,27-30,33,46H,1,13,15-16,18-19H2,2-6H3,(H,41,47)(H2,42,43,52)/t22-,27+,28?,29?,30+,33+/m1/s1. The van der Waals surface area contributed by atoms with Gasteiger partial charge in [0.05, 0.1) is 25.3 Å². The zero-order valence-electron chi connectivity index (χ0n) is 30.0. The molecular formula is C39H44N6O6S. The summed E-state index contributed by atoms with van der Waals surface area (Å²) in [4.78, 5) is 29.7. The molecule has 3 aromatic rings. The zero-order chi connectivity index (χ0) is 36.8. The number of carbonyl (C=O) groups excluding carboxylic acids is 1. The average molecular weight is 725 g/mol. The molecule has 1 fully saturated rings. The molecule has 2 bridgehead atoms. The fourth-order valence-corrected chi connectivity index (χ4v) is 8.99. The number of benzene rings is 3. The van der Waals surface area contributed by atoms with Crippen LogP contribution in [0.1, 0.15) is 58.0 Å². The molecule has 0 aromatic heterocycles. The van der Waals surface area contributed by atoms with E-state index in [0.29, 0.717) is 35.2 Å². The van der Waals surface area contributed by atoms with Gasteiger partial charge in [-0.15, -0.1) is 0 Å². The van der Waals surface area contributed by atoms with E-state index in [9.17, 15) is 15.2 Å². The van der Waals surface area contributed by atoms with Crippen LogP contribution >= 0.6 is 12.2 Å². The van der Waals surface area contributed by atoms with Gasteiger partial charge in [-0.3, -0.25) is 14.6 Å². The van der Waals surface area contributed by atoms with Gasteiger partial charge in [0.15, 0.2) is 22.4 Å². The molecule has 1 saturated heterocycles. The molecule has 0 saturated carbocycles. The van der Waals surface area contributed by atoms with Crippen LogP contribution in [0.25, 0.3) is 0 Å². The number of nitrogens with one attached hydrogen (secondary N) is 3. The molecule has 4 N–H and O–H groups in total. The first kappa shape index (κ1) is 35.5. The van der Waals surface area contributed by atoms with E-state index in [1.165, 1.54) is 0 Å². The monoisotopic (exact) mass is 724 g/mol. The highest BCUT2D eigenvalue weighted by molar-refractivity contribution is 7.80. The number of para-hydroxylation sites is 1. The molecule has 0 radical (unpaired) electrons. The van der Waals surface area contributed by atoms with E-state index in [2.05, 4.69) is 44.5 Å². The van der Waals surface area contributed by atoms with Crippen LogP contribution in [0.2, 0.25) is 0 Å². The van der Waals surface area contributed by atoms with Crippen LogP contribution in [0, 0.1) is 25.2 Å². The highest BCUT2D eigenvalue weighted by Crippen LogP contribution is 2.57. The number of ether oxygens (including phenoxy) is 2. The number of carbonyl (C=O) groups is 1. The van der Waals surface area contributed by atoms with Crippen molar-refractivity contribution in [2.75, 3.05) is 32.6 Å². The maximum absolute atomic E-state index is 13.8. The van der Waals surface area contributed by atoms with Crippen LogP contribution < -0.4 is 30.3 Å². The van der Waals surface area contributed by atoms with Crippen molar-refractivity contribution in [1.29, 1.82) is 5.26 Å². The molecule has 272 valence electrons. The van der Waals surface area contributed by atoms with Gasteiger partial charge in [0.2, 0.25) is 5.91 Å². The van der Waals surface area contributed by atoms with Crippen LogP contribution in [-0.4, -0.2) is 77.4 Å². The van der Waals surface area contributed by atoms with E-state index in [1.807, 2.05) is 51.2 Å². The topological polar surface area (TPSA) is 141 Å². The second-order valence-electron chi connectivity index (χ2n) is 13.9. The number of anilines is 1.